The normalized spacial score (nSPS) is 14.0. The number of carbonyl (C=O) groups excluding carboxylic acids is 1. The van der Waals surface area contributed by atoms with E-state index in [1.165, 1.54) is 18.2 Å². The van der Waals surface area contributed by atoms with Gasteiger partial charge in [-0.1, -0.05) is 6.07 Å². The fourth-order valence-electron chi connectivity index (χ4n) is 2.54. The molecule has 0 spiro atoms. The number of halogens is 1. The van der Waals surface area contributed by atoms with Crippen LogP contribution in [0.5, 0.6) is 0 Å². The number of morpholine rings is 1. The van der Waals surface area contributed by atoms with E-state index in [9.17, 15) is 9.18 Å². The van der Waals surface area contributed by atoms with Gasteiger partial charge in [0.25, 0.3) is 5.91 Å². The van der Waals surface area contributed by atoms with E-state index >= 15 is 0 Å². The lowest BCUT2D eigenvalue weighted by atomic mass is 10.2. The van der Waals surface area contributed by atoms with Gasteiger partial charge in [-0.3, -0.25) is 10.1 Å². The molecule has 130 valence electrons. The lowest BCUT2D eigenvalue weighted by molar-refractivity contribution is 0.0977. The van der Waals surface area contributed by atoms with Gasteiger partial charge in [-0.25, -0.2) is 4.39 Å². The summed E-state index contributed by atoms with van der Waals surface area (Å²) in [6, 6.07) is 13.2. The Hall–Kier alpha value is -2.51. The zero-order chi connectivity index (χ0) is 17.6. The van der Waals surface area contributed by atoms with Crippen molar-refractivity contribution in [2.75, 3.05) is 36.5 Å². The largest absolute Gasteiger partial charge is 0.378 e. The summed E-state index contributed by atoms with van der Waals surface area (Å²) in [4.78, 5) is 14.3. The van der Waals surface area contributed by atoms with Gasteiger partial charge in [0.05, 0.1) is 13.2 Å². The first-order valence-electron chi connectivity index (χ1n) is 7.92. The molecule has 0 radical (unpaired) electrons. The molecule has 3 rings (SSSR count). The van der Waals surface area contributed by atoms with Crippen molar-refractivity contribution in [3.63, 3.8) is 0 Å². The molecule has 2 N–H and O–H groups in total. The maximum absolute atomic E-state index is 13.2. The molecule has 1 fully saturated rings. The number of ether oxygens (including phenoxy) is 1. The van der Waals surface area contributed by atoms with Gasteiger partial charge in [-0.2, -0.15) is 0 Å². The molecular formula is C18H18FN3O2S. The maximum Gasteiger partial charge on any atom is 0.257 e. The number of hydrogen-bond acceptors (Lipinski definition) is 4. The SMILES string of the molecule is O=C(NC(=S)Nc1ccc(N2CCOCC2)cc1)c1cccc(F)c1. The average Bonchev–Trinajstić information content (AvgIpc) is 2.63. The molecule has 1 aliphatic heterocycles. The molecular weight excluding hydrogens is 341 g/mol. The summed E-state index contributed by atoms with van der Waals surface area (Å²) in [7, 11) is 0. The average molecular weight is 359 g/mol. The van der Waals surface area contributed by atoms with E-state index in [0.29, 0.717) is 0 Å². The predicted molar refractivity (Wildman–Crippen MR) is 99.6 cm³/mol. The maximum atomic E-state index is 13.2. The summed E-state index contributed by atoms with van der Waals surface area (Å²) in [6.07, 6.45) is 0. The van der Waals surface area contributed by atoms with Crippen molar-refractivity contribution >= 4 is 34.6 Å². The van der Waals surface area contributed by atoms with Crippen molar-refractivity contribution in [3.8, 4) is 0 Å². The minimum atomic E-state index is -0.467. The standard InChI is InChI=1S/C18H18FN3O2S/c19-14-3-1-2-13(12-14)17(23)21-18(25)20-15-4-6-16(7-5-15)22-8-10-24-11-9-22/h1-7,12H,8-11H2,(H2,20,21,23,25). The molecule has 0 aliphatic carbocycles. The zero-order valence-corrected chi connectivity index (χ0v) is 14.3. The van der Waals surface area contributed by atoms with Crippen LogP contribution in [0.1, 0.15) is 10.4 Å². The van der Waals surface area contributed by atoms with Crippen LogP contribution in [0.25, 0.3) is 0 Å². The van der Waals surface area contributed by atoms with Gasteiger partial charge >= 0.3 is 0 Å². The van der Waals surface area contributed by atoms with Crippen LogP contribution >= 0.6 is 12.2 Å². The summed E-state index contributed by atoms with van der Waals surface area (Å²) in [5, 5.41) is 5.65. The molecule has 25 heavy (non-hydrogen) atoms. The number of carbonyl (C=O) groups is 1. The van der Waals surface area contributed by atoms with E-state index in [2.05, 4.69) is 15.5 Å². The zero-order valence-electron chi connectivity index (χ0n) is 13.5. The molecule has 1 heterocycles. The Balaban J connectivity index is 1.56. The van der Waals surface area contributed by atoms with Crippen molar-refractivity contribution in [3.05, 3.63) is 59.9 Å². The highest BCUT2D eigenvalue weighted by molar-refractivity contribution is 7.80. The summed E-state index contributed by atoms with van der Waals surface area (Å²) in [6.45, 7) is 3.20. The first kappa shape index (κ1) is 17.3. The smallest absolute Gasteiger partial charge is 0.257 e. The Morgan fingerprint density at radius 1 is 1.12 bits per heavy atom. The summed E-state index contributed by atoms with van der Waals surface area (Å²) >= 11 is 5.14. The van der Waals surface area contributed by atoms with Crippen molar-refractivity contribution in [1.82, 2.24) is 5.32 Å². The monoisotopic (exact) mass is 359 g/mol. The summed E-state index contributed by atoms with van der Waals surface area (Å²) in [5.74, 6) is -0.924. The second kappa shape index (κ2) is 8.04. The molecule has 0 unspecified atom stereocenters. The predicted octanol–water partition coefficient (Wildman–Crippen LogP) is 2.79. The van der Waals surface area contributed by atoms with E-state index in [-0.39, 0.29) is 10.7 Å². The van der Waals surface area contributed by atoms with Crippen LogP contribution in [0.3, 0.4) is 0 Å². The number of thiocarbonyl (C=S) groups is 1. The third-order valence-electron chi connectivity index (χ3n) is 3.82. The van der Waals surface area contributed by atoms with Gasteiger partial charge in [-0.15, -0.1) is 0 Å². The molecule has 0 aromatic heterocycles. The number of amides is 1. The fourth-order valence-corrected chi connectivity index (χ4v) is 2.76. The van der Waals surface area contributed by atoms with Crippen LogP contribution in [0.4, 0.5) is 15.8 Å². The molecule has 0 saturated carbocycles. The minimum absolute atomic E-state index is 0.161. The fraction of sp³-hybridized carbons (Fsp3) is 0.222. The Bertz CT molecular complexity index is 761. The second-order valence-electron chi connectivity index (χ2n) is 5.56. The number of hydrogen-bond donors (Lipinski definition) is 2. The van der Waals surface area contributed by atoms with E-state index < -0.39 is 11.7 Å². The number of anilines is 2. The van der Waals surface area contributed by atoms with Gasteiger partial charge in [0.2, 0.25) is 0 Å². The van der Waals surface area contributed by atoms with Gasteiger partial charge in [-0.05, 0) is 54.7 Å². The number of benzene rings is 2. The molecule has 7 heteroatoms. The molecule has 0 bridgehead atoms. The Morgan fingerprint density at radius 3 is 2.52 bits per heavy atom. The van der Waals surface area contributed by atoms with Crippen molar-refractivity contribution in [2.24, 2.45) is 0 Å². The second-order valence-corrected chi connectivity index (χ2v) is 5.97. The molecule has 2 aromatic carbocycles. The highest BCUT2D eigenvalue weighted by atomic mass is 32.1. The molecule has 1 aliphatic rings. The topological polar surface area (TPSA) is 53.6 Å². The van der Waals surface area contributed by atoms with Crippen molar-refractivity contribution in [2.45, 2.75) is 0 Å². The molecule has 5 nitrogen and oxygen atoms in total. The number of rotatable bonds is 3. The third-order valence-corrected chi connectivity index (χ3v) is 4.02. The van der Waals surface area contributed by atoms with Crippen LogP contribution in [0.15, 0.2) is 48.5 Å². The van der Waals surface area contributed by atoms with E-state index in [0.717, 1.165) is 43.7 Å². The van der Waals surface area contributed by atoms with Gasteiger partial charge in [0.1, 0.15) is 5.82 Å². The van der Waals surface area contributed by atoms with E-state index in [4.69, 9.17) is 17.0 Å². The Kier molecular flexibility index (Phi) is 5.57. The Labute approximate surface area is 150 Å². The Morgan fingerprint density at radius 2 is 1.84 bits per heavy atom. The summed E-state index contributed by atoms with van der Waals surface area (Å²) < 4.78 is 18.5. The third kappa shape index (κ3) is 4.74. The molecule has 1 amide bonds. The van der Waals surface area contributed by atoms with Crippen molar-refractivity contribution < 1.29 is 13.9 Å². The molecule has 1 saturated heterocycles. The van der Waals surface area contributed by atoms with Crippen LogP contribution in [0.2, 0.25) is 0 Å². The van der Waals surface area contributed by atoms with Gasteiger partial charge in [0.15, 0.2) is 5.11 Å². The van der Waals surface area contributed by atoms with Crippen LogP contribution in [0, 0.1) is 5.82 Å². The lowest BCUT2D eigenvalue weighted by Gasteiger charge is -2.28. The van der Waals surface area contributed by atoms with Gasteiger partial charge in [0, 0.05) is 30.0 Å². The van der Waals surface area contributed by atoms with Crippen LogP contribution < -0.4 is 15.5 Å². The quantitative estimate of drug-likeness (QED) is 0.826. The molecule has 2 aromatic rings. The number of nitrogens with one attached hydrogen (secondary N) is 2. The van der Waals surface area contributed by atoms with E-state index in [1.807, 2.05) is 24.3 Å². The lowest BCUT2D eigenvalue weighted by Crippen LogP contribution is -2.36. The highest BCUT2D eigenvalue weighted by Gasteiger charge is 2.12. The van der Waals surface area contributed by atoms with Gasteiger partial charge < -0.3 is 15.0 Å². The molecule has 0 atom stereocenters. The van der Waals surface area contributed by atoms with Crippen molar-refractivity contribution in [1.29, 1.82) is 0 Å². The highest BCUT2D eigenvalue weighted by Crippen LogP contribution is 2.19. The van der Waals surface area contributed by atoms with Crippen LogP contribution in [-0.2, 0) is 4.74 Å². The first-order valence-corrected chi connectivity index (χ1v) is 8.33. The number of nitrogens with zero attached hydrogens (tertiary/aromatic N) is 1. The van der Waals surface area contributed by atoms with Crippen LogP contribution in [-0.4, -0.2) is 37.3 Å². The summed E-state index contributed by atoms with van der Waals surface area (Å²) in [5.41, 5.74) is 2.09. The van der Waals surface area contributed by atoms with E-state index in [1.54, 1.807) is 0 Å². The minimum Gasteiger partial charge on any atom is -0.378 e. The first-order chi connectivity index (χ1) is 12.1.